The van der Waals surface area contributed by atoms with Crippen molar-refractivity contribution in [2.75, 3.05) is 18.0 Å². The van der Waals surface area contributed by atoms with Crippen LogP contribution in [0.3, 0.4) is 0 Å². The minimum atomic E-state index is -0.895. The van der Waals surface area contributed by atoms with Gasteiger partial charge in [-0.05, 0) is 31.0 Å². The average Bonchev–Trinajstić information content (AvgIpc) is 2.30. The van der Waals surface area contributed by atoms with E-state index in [0.29, 0.717) is 6.54 Å². The van der Waals surface area contributed by atoms with Gasteiger partial charge >= 0.3 is 5.97 Å². The lowest BCUT2D eigenvalue weighted by atomic mass is 10.1. The zero-order valence-corrected chi connectivity index (χ0v) is 11.1. The van der Waals surface area contributed by atoms with Crippen molar-refractivity contribution in [2.24, 2.45) is 0 Å². The molecule has 1 fully saturated rings. The Labute approximate surface area is 112 Å². The Kier molecular flexibility index (Phi) is 3.74. The van der Waals surface area contributed by atoms with E-state index in [1.165, 1.54) is 0 Å². The molecule has 102 valence electrons. The molecular weight excluding hydrogens is 244 g/mol. The van der Waals surface area contributed by atoms with Crippen LogP contribution in [-0.2, 0) is 9.59 Å². The van der Waals surface area contributed by atoms with Crippen molar-refractivity contribution in [1.82, 2.24) is 5.32 Å². The number of aryl methyl sites for hydroxylation is 2. The molecule has 0 radical (unpaired) electrons. The molecule has 0 aromatic heterocycles. The van der Waals surface area contributed by atoms with E-state index in [4.69, 9.17) is 5.11 Å². The molecule has 1 unspecified atom stereocenters. The van der Waals surface area contributed by atoms with Crippen molar-refractivity contribution in [1.29, 1.82) is 0 Å². The van der Waals surface area contributed by atoms with Crippen LogP contribution >= 0.6 is 0 Å². The molecule has 1 aliphatic heterocycles. The number of carbonyl (C=O) groups excluding carboxylic acids is 1. The monoisotopic (exact) mass is 262 g/mol. The molecule has 0 aliphatic carbocycles. The lowest BCUT2D eigenvalue weighted by Crippen LogP contribution is -2.55. The normalized spacial score (nSPS) is 19.2. The van der Waals surface area contributed by atoms with Gasteiger partial charge in [-0.15, -0.1) is 0 Å². The van der Waals surface area contributed by atoms with Gasteiger partial charge in [0.2, 0.25) is 5.91 Å². The van der Waals surface area contributed by atoms with Gasteiger partial charge in [0.15, 0.2) is 0 Å². The molecule has 1 saturated heterocycles. The third-order valence-electron chi connectivity index (χ3n) is 3.27. The maximum absolute atomic E-state index is 11.7. The highest BCUT2D eigenvalue weighted by Crippen LogP contribution is 2.23. The van der Waals surface area contributed by atoms with Crippen molar-refractivity contribution in [3.8, 4) is 0 Å². The molecule has 2 N–H and O–H groups in total. The zero-order chi connectivity index (χ0) is 14.0. The number of hydrogen-bond acceptors (Lipinski definition) is 3. The molecular formula is C14H18N2O3. The van der Waals surface area contributed by atoms with Crippen LogP contribution in [-0.4, -0.2) is 36.1 Å². The number of carboxylic acids is 1. The summed E-state index contributed by atoms with van der Waals surface area (Å²) in [5.41, 5.74) is 3.22. The Morgan fingerprint density at radius 2 is 2.21 bits per heavy atom. The molecule has 1 atom stereocenters. The summed E-state index contributed by atoms with van der Waals surface area (Å²) in [6.07, 6.45) is -0.0485. The van der Waals surface area contributed by atoms with E-state index in [9.17, 15) is 9.59 Å². The maximum Gasteiger partial charge on any atom is 0.305 e. The van der Waals surface area contributed by atoms with Crippen LogP contribution in [0, 0.1) is 13.8 Å². The van der Waals surface area contributed by atoms with Crippen molar-refractivity contribution >= 4 is 17.6 Å². The van der Waals surface area contributed by atoms with Crippen molar-refractivity contribution in [3.05, 3.63) is 29.3 Å². The summed E-state index contributed by atoms with van der Waals surface area (Å²) in [5.74, 6) is -1.02. The van der Waals surface area contributed by atoms with E-state index in [-0.39, 0.29) is 24.9 Å². The Bertz CT molecular complexity index is 511. The summed E-state index contributed by atoms with van der Waals surface area (Å²) in [6.45, 7) is 4.80. The summed E-state index contributed by atoms with van der Waals surface area (Å²) in [7, 11) is 0. The molecule has 19 heavy (non-hydrogen) atoms. The first-order valence-electron chi connectivity index (χ1n) is 6.29. The topological polar surface area (TPSA) is 69.6 Å². The molecule has 2 rings (SSSR count). The molecule has 1 heterocycles. The van der Waals surface area contributed by atoms with Crippen LogP contribution in [0.25, 0.3) is 0 Å². The average molecular weight is 262 g/mol. The number of rotatable bonds is 3. The molecule has 1 aromatic rings. The predicted octanol–water partition coefficient (Wildman–Crippen LogP) is 1.08. The van der Waals surface area contributed by atoms with Gasteiger partial charge in [0, 0.05) is 12.2 Å². The number of benzene rings is 1. The minimum Gasteiger partial charge on any atom is -0.481 e. The number of carboxylic acid groups (broad SMARTS) is 1. The van der Waals surface area contributed by atoms with E-state index >= 15 is 0 Å². The van der Waals surface area contributed by atoms with Gasteiger partial charge in [-0.2, -0.15) is 0 Å². The molecule has 0 bridgehead atoms. The summed E-state index contributed by atoms with van der Waals surface area (Å²) >= 11 is 0. The van der Waals surface area contributed by atoms with Crippen LogP contribution in [0.2, 0.25) is 0 Å². The van der Waals surface area contributed by atoms with Crippen LogP contribution in [0.5, 0.6) is 0 Å². The van der Waals surface area contributed by atoms with Gasteiger partial charge in [0.1, 0.15) is 0 Å². The third kappa shape index (κ3) is 3.24. The summed E-state index contributed by atoms with van der Waals surface area (Å²) in [4.78, 5) is 24.4. The summed E-state index contributed by atoms with van der Waals surface area (Å²) in [6, 6.07) is 5.74. The second-order valence-electron chi connectivity index (χ2n) is 5.03. The summed E-state index contributed by atoms with van der Waals surface area (Å²) < 4.78 is 0. The van der Waals surface area contributed by atoms with Gasteiger partial charge in [-0.25, -0.2) is 0 Å². The third-order valence-corrected chi connectivity index (χ3v) is 3.27. The van der Waals surface area contributed by atoms with Crippen LogP contribution < -0.4 is 10.2 Å². The fourth-order valence-corrected chi connectivity index (χ4v) is 2.39. The Morgan fingerprint density at radius 3 is 2.89 bits per heavy atom. The van der Waals surface area contributed by atoms with E-state index in [1.54, 1.807) is 0 Å². The van der Waals surface area contributed by atoms with E-state index < -0.39 is 5.97 Å². The van der Waals surface area contributed by atoms with Crippen molar-refractivity contribution < 1.29 is 14.7 Å². The SMILES string of the molecule is Cc1ccc(C)c(N2CC(=O)NC(CC(=O)O)C2)c1. The first kappa shape index (κ1) is 13.4. The van der Waals surface area contributed by atoms with Gasteiger partial charge < -0.3 is 15.3 Å². The first-order valence-corrected chi connectivity index (χ1v) is 6.29. The first-order chi connectivity index (χ1) is 8.95. The number of nitrogens with zero attached hydrogens (tertiary/aromatic N) is 1. The van der Waals surface area contributed by atoms with Crippen LogP contribution in [0.1, 0.15) is 17.5 Å². The van der Waals surface area contributed by atoms with Crippen molar-refractivity contribution in [3.63, 3.8) is 0 Å². The van der Waals surface area contributed by atoms with E-state index in [1.807, 2.05) is 36.9 Å². The van der Waals surface area contributed by atoms with E-state index in [2.05, 4.69) is 5.32 Å². The quantitative estimate of drug-likeness (QED) is 0.855. The second-order valence-corrected chi connectivity index (χ2v) is 5.03. The number of nitrogens with one attached hydrogen (secondary N) is 1. The largest absolute Gasteiger partial charge is 0.481 e. The van der Waals surface area contributed by atoms with Crippen LogP contribution in [0.4, 0.5) is 5.69 Å². The lowest BCUT2D eigenvalue weighted by Gasteiger charge is -2.35. The Balaban J connectivity index is 2.21. The minimum absolute atomic E-state index is 0.0485. The Morgan fingerprint density at radius 1 is 1.47 bits per heavy atom. The molecule has 1 aliphatic rings. The zero-order valence-electron chi connectivity index (χ0n) is 11.1. The number of carbonyl (C=O) groups is 2. The molecule has 0 saturated carbocycles. The highest BCUT2D eigenvalue weighted by molar-refractivity contribution is 5.84. The van der Waals surface area contributed by atoms with Crippen molar-refractivity contribution in [2.45, 2.75) is 26.3 Å². The standard InChI is InChI=1S/C14H18N2O3/c1-9-3-4-10(2)12(5-9)16-7-11(6-14(18)19)15-13(17)8-16/h3-5,11H,6-8H2,1-2H3,(H,15,17)(H,18,19). The highest BCUT2D eigenvalue weighted by Gasteiger charge is 2.27. The maximum atomic E-state index is 11.7. The highest BCUT2D eigenvalue weighted by atomic mass is 16.4. The second kappa shape index (κ2) is 5.30. The van der Waals surface area contributed by atoms with Gasteiger partial charge in [-0.3, -0.25) is 9.59 Å². The van der Waals surface area contributed by atoms with Gasteiger partial charge in [0.25, 0.3) is 0 Å². The number of aliphatic carboxylic acids is 1. The predicted molar refractivity (Wildman–Crippen MR) is 72.3 cm³/mol. The number of hydrogen-bond donors (Lipinski definition) is 2. The van der Waals surface area contributed by atoms with Crippen LogP contribution in [0.15, 0.2) is 18.2 Å². The van der Waals surface area contributed by atoms with Gasteiger partial charge in [-0.1, -0.05) is 12.1 Å². The van der Waals surface area contributed by atoms with Gasteiger partial charge in [0.05, 0.1) is 19.0 Å². The lowest BCUT2D eigenvalue weighted by molar-refractivity contribution is -0.137. The molecule has 1 aromatic carbocycles. The molecule has 0 spiro atoms. The number of amides is 1. The number of piperazine rings is 1. The summed E-state index contributed by atoms with van der Waals surface area (Å²) in [5, 5.41) is 11.6. The smallest absolute Gasteiger partial charge is 0.305 e. The molecule has 1 amide bonds. The molecule has 5 nitrogen and oxygen atoms in total. The number of anilines is 1. The fraction of sp³-hybridized carbons (Fsp3) is 0.429. The van der Waals surface area contributed by atoms with E-state index in [0.717, 1.165) is 16.8 Å². The molecule has 5 heteroatoms. The fourth-order valence-electron chi connectivity index (χ4n) is 2.39. The Hall–Kier alpha value is -2.04.